The molecule has 2 aliphatic heterocycles. The molecule has 0 radical (unpaired) electrons. The third-order valence-corrected chi connectivity index (χ3v) is 3.76. The van der Waals surface area contributed by atoms with Gasteiger partial charge in [0.1, 0.15) is 0 Å². The maximum atomic E-state index is 9.25. The molecule has 1 N–H and O–H groups in total. The molecule has 0 amide bonds. The van der Waals surface area contributed by atoms with E-state index in [1.54, 1.807) is 10.9 Å². The van der Waals surface area contributed by atoms with Gasteiger partial charge in [0.2, 0.25) is 0 Å². The van der Waals surface area contributed by atoms with Crippen molar-refractivity contribution in [2.45, 2.75) is 56.6 Å². The summed E-state index contributed by atoms with van der Waals surface area (Å²) in [6.45, 7) is 0.0686. The van der Waals surface area contributed by atoms with Crippen molar-refractivity contribution in [3.05, 3.63) is 12.4 Å². The smallest absolute Gasteiger partial charge is 0.171 e. The minimum Gasteiger partial charge on any atom is -0.394 e. The SMILES string of the molecule is OC[C@@H]1CCCC2(CCC[C@@H](n3ccnn3)O2)O1. The lowest BCUT2D eigenvalue weighted by atomic mass is 9.94. The molecule has 0 saturated carbocycles. The molecule has 2 aliphatic rings. The normalized spacial score (nSPS) is 36.9. The Kier molecular flexibility index (Phi) is 3.32. The predicted molar refractivity (Wildman–Crippen MR) is 62.5 cm³/mol. The van der Waals surface area contributed by atoms with Gasteiger partial charge in [0.25, 0.3) is 0 Å². The van der Waals surface area contributed by atoms with Crippen molar-refractivity contribution >= 4 is 0 Å². The lowest BCUT2D eigenvalue weighted by molar-refractivity contribution is -0.332. The van der Waals surface area contributed by atoms with Gasteiger partial charge < -0.3 is 14.6 Å². The number of ether oxygens (including phenoxy) is 2. The summed E-state index contributed by atoms with van der Waals surface area (Å²) in [5.74, 6) is -0.527. The zero-order chi connectivity index (χ0) is 12.4. The second kappa shape index (κ2) is 4.95. The lowest BCUT2D eigenvalue weighted by Crippen LogP contribution is -2.47. The summed E-state index contributed by atoms with van der Waals surface area (Å²) in [6, 6.07) is 0. The van der Waals surface area contributed by atoms with E-state index in [2.05, 4.69) is 10.3 Å². The molecule has 2 fully saturated rings. The standard InChI is InChI=1S/C12H19N3O3/c16-9-10-3-1-5-12(17-10)6-2-4-11(18-12)15-8-7-13-14-15/h7-8,10-11,16H,1-6,9H2/t10-,11-,12?/m0/s1. The Bertz CT molecular complexity index is 380. The first kappa shape index (κ1) is 12.1. The molecule has 1 unspecified atom stereocenters. The van der Waals surface area contributed by atoms with E-state index in [0.717, 1.165) is 38.5 Å². The summed E-state index contributed by atoms with van der Waals surface area (Å²) in [6.07, 6.45) is 9.00. The van der Waals surface area contributed by atoms with E-state index >= 15 is 0 Å². The quantitative estimate of drug-likeness (QED) is 0.858. The van der Waals surface area contributed by atoms with E-state index in [9.17, 15) is 5.11 Å². The average molecular weight is 253 g/mol. The van der Waals surface area contributed by atoms with Crippen molar-refractivity contribution in [3.63, 3.8) is 0 Å². The summed E-state index contributed by atoms with van der Waals surface area (Å²) in [4.78, 5) is 0. The maximum absolute atomic E-state index is 9.25. The fourth-order valence-corrected chi connectivity index (χ4v) is 2.89. The van der Waals surface area contributed by atoms with Gasteiger partial charge in [-0.15, -0.1) is 5.10 Å². The molecule has 0 aromatic carbocycles. The van der Waals surface area contributed by atoms with Gasteiger partial charge in [-0.25, -0.2) is 4.68 Å². The van der Waals surface area contributed by atoms with Crippen LogP contribution in [0.25, 0.3) is 0 Å². The van der Waals surface area contributed by atoms with Crippen LogP contribution in [0.2, 0.25) is 0 Å². The van der Waals surface area contributed by atoms with E-state index in [1.165, 1.54) is 0 Å². The van der Waals surface area contributed by atoms with Crippen LogP contribution in [0.5, 0.6) is 0 Å². The Hall–Kier alpha value is -0.980. The minimum absolute atomic E-state index is 0.0686. The van der Waals surface area contributed by atoms with Crippen LogP contribution in [-0.4, -0.2) is 38.6 Å². The molecule has 3 heterocycles. The fourth-order valence-electron chi connectivity index (χ4n) is 2.89. The topological polar surface area (TPSA) is 69.4 Å². The number of rotatable bonds is 2. The second-order valence-electron chi connectivity index (χ2n) is 5.07. The molecule has 18 heavy (non-hydrogen) atoms. The van der Waals surface area contributed by atoms with Crippen LogP contribution in [0.3, 0.4) is 0 Å². The highest BCUT2D eigenvalue weighted by Gasteiger charge is 2.43. The molecule has 6 nitrogen and oxygen atoms in total. The van der Waals surface area contributed by atoms with Crippen molar-refractivity contribution in [2.24, 2.45) is 0 Å². The summed E-state index contributed by atoms with van der Waals surface area (Å²) < 4.78 is 13.8. The van der Waals surface area contributed by atoms with Gasteiger partial charge in [-0.05, 0) is 25.7 Å². The molecule has 3 rings (SSSR count). The van der Waals surface area contributed by atoms with Crippen LogP contribution in [0.4, 0.5) is 0 Å². The monoisotopic (exact) mass is 253 g/mol. The summed E-state index contributed by atoms with van der Waals surface area (Å²) >= 11 is 0. The van der Waals surface area contributed by atoms with Crippen LogP contribution in [0.15, 0.2) is 12.4 Å². The van der Waals surface area contributed by atoms with Crippen LogP contribution in [-0.2, 0) is 9.47 Å². The zero-order valence-corrected chi connectivity index (χ0v) is 10.4. The number of aliphatic hydroxyl groups excluding tert-OH is 1. The van der Waals surface area contributed by atoms with Crippen molar-refractivity contribution in [2.75, 3.05) is 6.61 Å². The first-order valence-corrected chi connectivity index (χ1v) is 6.64. The molecule has 1 aromatic rings. The summed E-state index contributed by atoms with van der Waals surface area (Å²) in [5, 5.41) is 17.1. The number of nitrogens with zero attached hydrogens (tertiary/aromatic N) is 3. The molecule has 0 bridgehead atoms. The number of hydrogen-bond acceptors (Lipinski definition) is 5. The van der Waals surface area contributed by atoms with Crippen molar-refractivity contribution in [1.29, 1.82) is 0 Å². The molecular weight excluding hydrogens is 234 g/mol. The lowest BCUT2D eigenvalue weighted by Gasteiger charge is -2.45. The first-order valence-electron chi connectivity index (χ1n) is 6.64. The Balaban J connectivity index is 1.72. The van der Waals surface area contributed by atoms with Gasteiger partial charge in [0.05, 0.1) is 18.9 Å². The van der Waals surface area contributed by atoms with E-state index < -0.39 is 5.79 Å². The predicted octanol–water partition coefficient (Wildman–Crippen LogP) is 1.23. The average Bonchev–Trinajstić information content (AvgIpc) is 2.93. The van der Waals surface area contributed by atoms with Gasteiger partial charge >= 0.3 is 0 Å². The van der Waals surface area contributed by atoms with Crippen LogP contribution in [0.1, 0.15) is 44.8 Å². The summed E-state index contributed by atoms with van der Waals surface area (Å²) in [7, 11) is 0. The number of aliphatic hydroxyl groups is 1. The van der Waals surface area contributed by atoms with Crippen LogP contribution in [0, 0.1) is 0 Å². The van der Waals surface area contributed by atoms with Crippen molar-refractivity contribution in [1.82, 2.24) is 15.0 Å². The van der Waals surface area contributed by atoms with E-state index in [1.807, 2.05) is 6.20 Å². The number of hydrogen-bond donors (Lipinski definition) is 1. The molecular formula is C12H19N3O3. The van der Waals surface area contributed by atoms with Crippen molar-refractivity contribution in [3.8, 4) is 0 Å². The van der Waals surface area contributed by atoms with E-state index in [0.29, 0.717) is 0 Å². The van der Waals surface area contributed by atoms with Gasteiger partial charge in [0, 0.05) is 19.0 Å². The van der Waals surface area contributed by atoms with E-state index in [-0.39, 0.29) is 18.9 Å². The van der Waals surface area contributed by atoms with Crippen LogP contribution >= 0.6 is 0 Å². The molecule has 2 saturated heterocycles. The molecule has 0 aliphatic carbocycles. The van der Waals surface area contributed by atoms with Crippen molar-refractivity contribution < 1.29 is 14.6 Å². The molecule has 3 atom stereocenters. The first-order chi connectivity index (χ1) is 8.81. The third-order valence-electron chi connectivity index (χ3n) is 3.76. The highest BCUT2D eigenvalue weighted by atomic mass is 16.7. The second-order valence-corrected chi connectivity index (χ2v) is 5.07. The third kappa shape index (κ3) is 2.28. The zero-order valence-electron chi connectivity index (χ0n) is 10.4. The highest BCUT2D eigenvalue weighted by Crippen LogP contribution is 2.41. The highest BCUT2D eigenvalue weighted by molar-refractivity contribution is 4.83. The van der Waals surface area contributed by atoms with E-state index in [4.69, 9.17) is 9.47 Å². The fraction of sp³-hybridized carbons (Fsp3) is 0.833. The van der Waals surface area contributed by atoms with Gasteiger partial charge in [-0.2, -0.15) is 0 Å². The van der Waals surface area contributed by atoms with Gasteiger partial charge in [-0.1, -0.05) is 5.21 Å². The molecule has 1 aromatic heterocycles. The Labute approximate surface area is 106 Å². The minimum atomic E-state index is -0.527. The Morgan fingerprint density at radius 1 is 1.28 bits per heavy atom. The molecule has 6 heteroatoms. The Morgan fingerprint density at radius 3 is 2.83 bits per heavy atom. The summed E-state index contributed by atoms with van der Waals surface area (Å²) in [5.41, 5.74) is 0. The Morgan fingerprint density at radius 2 is 2.11 bits per heavy atom. The molecule has 100 valence electrons. The van der Waals surface area contributed by atoms with Gasteiger partial charge in [-0.3, -0.25) is 0 Å². The molecule has 1 spiro atoms. The van der Waals surface area contributed by atoms with Crippen LogP contribution < -0.4 is 0 Å². The van der Waals surface area contributed by atoms with Gasteiger partial charge in [0.15, 0.2) is 12.0 Å². The number of aromatic nitrogens is 3. The maximum Gasteiger partial charge on any atom is 0.171 e. The largest absolute Gasteiger partial charge is 0.394 e.